The molecular weight excluding hydrogens is 487 g/mol. The lowest BCUT2D eigenvalue weighted by molar-refractivity contribution is 0.0504. The van der Waals surface area contributed by atoms with Gasteiger partial charge in [0.25, 0.3) is 0 Å². The van der Waals surface area contributed by atoms with E-state index in [9.17, 15) is 14.3 Å². The molecule has 3 heterocycles. The van der Waals surface area contributed by atoms with Crippen LogP contribution in [0.5, 0.6) is 0 Å². The lowest BCUT2D eigenvalue weighted by Gasteiger charge is -2.60. The number of hydrogen-bond acceptors (Lipinski definition) is 3. The Balaban J connectivity index is 1.82. The fourth-order valence-electron chi connectivity index (χ4n) is 5.52. The van der Waals surface area contributed by atoms with Crippen molar-refractivity contribution in [2.24, 2.45) is 0 Å². The average molecular weight is 505 g/mol. The second-order valence-electron chi connectivity index (χ2n) is 10.1. The van der Waals surface area contributed by atoms with Crippen molar-refractivity contribution in [2.45, 2.75) is 15.7 Å². The van der Waals surface area contributed by atoms with Crippen molar-refractivity contribution >= 4 is 67.0 Å². The number of aromatic amines is 1. The summed E-state index contributed by atoms with van der Waals surface area (Å²) in [5.41, 5.74) is 3.62. The Labute approximate surface area is 230 Å². The summed E-state index contributed by atoms with van der Waals surface area (Å²) in [6.45, 7) is -0.292. The van der Waals surface area contributed by atoms with Crippen molar-refractivity contribution in [3.05, 3.63) is 83.9 Å². The third kappa shape index (κ3) is 3.72. The summed E-state index contributed by atoms with van der Waals surface area (Å²) in [6.07, 6.45) is 1.68. The number of halogens is 1. The number of rotatable bonds is 4. The molecule has 0 saturated carbocycles. The van der Waals surface area contributed by atoms with E-state index in [0.717, 1.165) is 10.9 Å². The van der Waals surface area contributed by atoms with E-state index in [2.05, 4.69) is 10.2 Å². The van der Waals surface area contributed by atoms with Crippen LogP contribution in [0.3, 0.4) is 0 Å². The van der Waals surface area contributed by atoms with Gasteiger partial charge in [0.05, 0.1) is 62.0 Å². The maximum Gasteiger partial charge on any atom is 0.335 e. The molecule has 1 aliphatic rings. The van der Waals surface area contributed by atoms with E-state index >= 15 is 0 Å². The smallest absolute Gasteiger partial charge is 0.335 e. The molecule has 2 N–H and O–H groups in total. The van der Waals surface area contributed by atoms with Gasteiger partial charge in [-0.2, -0.15) is 5.10 Å². The third-order valence-electron chi connectivity index (χ3n) is 7.56. The highest BCUT2D eigenvalue weighted by molar-refractivity contribution is 6.53. The molecule has 0 bridgehead atoms. The van der Waals surface area contributed by atoms with Crippen LogP contribution in [0.4, 0.5) is 4.39 Å². The molecule has 1 aliphatic heterocycles. The molecule has 2 aromatic heterocycles. The van der Waals surface area contributed by atoms with Crippen LogP contribution in [0.2, 0.25) is 10.4 Å². The summed E-state index contributed by atoms with van der Waals surface area (Å²) in [7, 11) is 33.8. The number of fused-ring (bicyclic) bond motifs is 2. The van der Waals surface area contributed by atoms with Gasteiger partial charge >= 0.3 is 5.97 Å². The van der Waals surface area contributed by atoms with Crippen LogP contribution in [-0.2, 0) is 10.1 Å². The molecule has 39 heavy (non-hydrogen) atoms. The molecule has 12 heteroatoms. The number of nitrogens with one attached hydrogen (secondary N) is 1. The van der Waals surface area contributed by atoms with E-state index in [4.69, 9.17) is 44.0 Å². The van der Waals surface area contributed by atoms with Crippen molar-refractivity contribution in [1.82, 2.24) is 14.8 Å². The van der Waals surface area contributed by atoms with Crippen LogP contribution < -0.4 is 0 Å². The van der Waals surface area contributed by atoms with E-state index in [1.807, 2.05) is 16.7 Å². The van der Waals surface area contributed by atoms with Gasteiger partial charge < -0.3 is 14.4 Å². The Morgan fingerprint density at radius 3 is 2.23 bits per heavy atom. The molecule has 10 radical (unpaired) electrons. The first-order valence-corrected chi connectivity index (χ1v) is 12.1. The molecular formula is C27H17B5FN3O3. The van der Waals surface area contributed by atoms with E-state index in [0.29, 0.717) is 33.4 Å². The van der Waals surface area contributed by atoms with E-state index in [1.165, 1.54) is 24.3 Å². The van der Waals surface area contributed by atoms with Crippen molar-refractivity contribution in [2.75, 3.05) is 13.2 Å². The lowest BCUT2D eigenvalue weighted by Crippen LogP contribution is -2.60. The number of nitrogens with zero attached hydrogens (tertiary/aromatic N) is 2. The molecule has 0 atom stereocenters. The van der Waals surface area contributed by atoms with Gasteiger partial charge in [0.1, 0.15) is 5.82 Å². The first kappa shape index (κ1) is 25.6. The standard InChI is InChI=1S/C27H17B5FN3O3/c28-25(29)12-39-13-26(30,31)27(25,32)23-22(14-1-3-15(4-2-14)24(37)38)19-10-20-16(11-34-35-20)9-21(19)36(23)18-7-5-17(33)6-8-18/h1-11H,12-13H2,(H,34,35)(H,37,38). The Morgan fingerprint density at radius 1 is 0.974 bits per heavy atom. The van der Waals surface area contributed by atoms with E-state index in [-0.39, 0.29) is 18.8 Å². The first-order valence-electron chi connectivity index (χ1n) is 12.1. The molecule has 3 aromatic carbocycles. The lowest BCUT2D eigenvalue weighted by atomic mass is 9.21. The zero-order chi connectivity index (χ0) is 27.7. The molecule has 0 unspecified atom stereocenters. The fraction of sp³-hybridized carbons (Fsp3) is 0.185. The van der Waals surface area contributed by atoms with Gasteiger partial charge in [-0.3, -0.25) is 5.10 Å². The number of ether oxygens (including phenoxy) is 1. The van der Waals surface area contributed by atoms with Gasteiger partial charge in [-0.1, -0.05) is 22.6 Å². The maximum atomic E-state index is 14.0. The average Bonchev–Trinajstić information content (AvgIpc) is 3.48. The quantitative estimate of drug-likeness (QED) is 0.368. The predicted octanol–water partition coefficient (Wildman–Crippen LogP) is 3.31. The minimum atomic E-state index is -1.81. The number of carboxylic acids is 1. The monoisotopic (exact) mass is 505 g/mol. The molecule has 1 saturated heterocycles. The summed E-state index contributed by atoms with van der Waals surface area (Å²) < 4.78 is 21.4. The van der Waals surface area contributed by atoms with Crippen molar-refractivity contribution in [1.29, 1.82) is 0 Å². The minimum absolute atomic E-state index is 0.103. The number of carboxylic acid groups (broad SMARTS) is 1. The van der Waals surface area contributed by atoms with Gasteiger partial charge in [-0.25, -0.2) is 9.18 Å². The molecule has 180 valence electrons. The number of hydrogen-bond donors (Lipinski definition) is 2. The maximum absolute atomic E-state index is 14.0. The fourth-order valence-corrected chi connectivity index (χ4v) is 5.52. The van der Waals surface area contributed by atoms with Gasteiger partial charge in [0.15, 0.2) is 0 Å². The Hall–Kier alpha value is -3.65. The molecule has 6 rings (SSSR count). The number of carbonyl (C=O) groups is 1. The van der Waals surface area contributed by atoms with Crippen molar-refractivity contribution in [3.63, 3.8) is 0 Å². The van der Waals surface area contributed by atoms with Gasteiger partial charge in [0, 0.05) is 40.9 Å². The zero-order valence-corrected chi connectivity index (χ0v) is 20.7. The van der Waals surface area contributed by atoms with Crippen LogP contribution >= 0.6 is 0 Å². The van der Waals surface area contributed by atoms with Crippen molar-refractivity contribution in [3.8, 4) is 16.8 Å². The van der Waals surface area contributed by atoms with Crippen LogP contribution in [-0.4, -0.2) is 78.3 Å². The number of benzene rings is 3. The number of H-pyrrole nitrogens is 1. The van der Waals surface area contributed by atoms with Crippen molar-refractivity contribution < 1.29 is 19.0 Å². The van der Waals surface area contributed by atoms with Gasteiger partial charge in [0.2, 0.25) is 0 Å². The molecule has 6 nitrogen and oxygen atoms in total. The molecule has 0 amide bonds. The summed E-state index contributed by atoms with van der Waals surface area (Å²) in [5.74, 6) is -1.49. The van der Waals surface area contributed by atoms with Crippen LogP contribution in [0.15, 0.2) is 66.9 Å². The van der Waals surface area contributed by atoms with Crippen LogP contribution in [0.25, 0.3) is 38.6 Å². The second-order valence-corrected chi connectivity index (χ2v) is 10.1. The largest absolute Gasteiger partial charge is 0.478 e. The number of aromatic nitrogens is 3. The zero-order valence-electron chi connectivity index (χ0n) is 20.7. The Bertz CT molecular complexity index is 1730. The van der Waals surface area contributed by atoms with E-state index in [1.54, 1.807) is 30.5 Å². The summed E-state index contributed by atoms with van der Waals surface area (Å²) >= 11 is 0. The summed E-state index contributed by atoms with van der Waals surface area (Å²) in [4.78, 5) is 11.6. The first-order chi connectivity index (χ1) is 18.4. The SMILES string of the molecule is [B]C1([B])COCC([B])([B])C1([B])c1c(-c2ccc(C(=O)O)cc2)c2cc3[nH]ncc3cc2n1-c1ccc(F)cc1. The Kier molecular flexibility index (Phi) is 5.70. The van der Waals surface area contributed by atoms with Gasteiger partial charge in [-0.05, 0) is 59.4 Å². The third-order valence-corrected chi connectivity index (χ3v) is 7.56. The van der Waals surface area contributed by atoms with Gasteiger partial charge in [-0.15, -0.1) is 0 Å². The molecule has 0 spiro atoms. The van der Waals surface area contributed by atoms with Crippen LogP contribution in [0.1, 0.15) is 16.1 Å². The minimum Gasteiger partial charge on any atom is -0.478 e. The van der Waals surface area contributed by atoms with Crippen LogP contribution in [0, 0.1) is 5.82 Å². The summed E-state index contributed by atoms with van der Waals surface area (Å²) in [6, 6.07) is 16.0. The Morgan fingerprint density at radius 2 is 1.62 bits per heavy atom. The highest BCUT2D eigenvalue weighted by atomic mass is 19.1. The molecule has 0 aliphatic carbocycles. The number of aromatic carboxylic acids is 1. The predicted molar refractivity (Wildman–Crippen MR) is 152 cm³/mol. The highest BCUT2D eigenvalue weighted by Gasteiger charge is 2.55. The highest BCUT2D eigenvalue weighted by Crippen LogP contribution is 2.60. The molecule has 1 fully saturated rings. The second kappa shape index (κ2) is 8.68. The normalized spacial score (nSPS) is 17.9. The summed E-state index contributed by atoms with van der Waals surface area (Å²) in [5, 5.41) is 12.8. The van der Waals surface area contributed by atoms with E-state index < -0.39 is 27.5 Å². The topological polar surface area (TPSA) is 80.1 Å². The molecule has 5 aromatic rings.